The van der Waals surface area contributed by atoms with Crippen molar-refractivity contribution in [1.29, 1.82) is 0 Å². The van der Waals surface area contributed by atoms with E-state index in [2.05, 4.69) is 10.4 Å². The van der Waals surface area contributed by atoms with Crippen LogP contribution in [0, 0.1) is 5.82 Å². The van der Waals surface area contributed by atoms with Gasteiger partial charge in [-0.2, -0.15) is 0 Å². The van der Waals surface area contributed by atoms with Gasteiger partial charge in [0.25, 0.3) is 0 Å². The van der Waals surface area contributed by atoms with Crippen LogP contribution in [0.15, 0.2) is 36.0 Å². The van der Waals surface area contributed by atoms with Gasteiger partial charge in [0.2, 0.25) is 0 Å². The summed E-state index contributed by atoms with van der Waals surface area (Å²) < 4.78 is 26.0. The van der Waals surface area contributed by atoms with E-state index in [1.807, 2.05) is 25.0 Å². The summed E-state index contributed by atoms with van der Waals surface area (Å²) in [6, 6.07) is 6.45. The summed E-state index contributed by atoms with van der Waals surface area (Å²) in [5, 5.41) is 2.03. The summed E-state index contributed by atoms with van der Waals surface area (Å²) in [6.45, 7) is 3.27. The highest BCUT2D eigenvalue weighted by Crippen LogP contribution is 2.35. The lowest BCUT2D eigenvalue weighted by molar-refractivity contribution is 0.215. The first-order valence-corrected chi connectivity index (χ1v) is 10.1. The second-order valence-corrected chi connectivity index (χ2v) is 7.55. The quantitative estimate of drug-likeness (QED) is 0.697. The number of hydrogen-bond acceptors (Lipinski definition) is 6. The van der Waals surface area contributed by atoms with Crippen LogP contribution in [0.1, 0.15) is 49.8 Å². The maximum atomic E-state index is 13.9. The predicted molar refractivity (Wildman–Crippen MR) is 111 cm³/mol. The highest BCUT2D eigenvalue weighted by Gasteiger charge is 2.23. The van der Waals surface area contributed by atoms with E-state index < -0.39 is 6.10 Å². The highest BCUT2D eigenvalue weighted by molar-refractivity contribution is 5.70. The number of nitrogens with two attached hydrogens (primary N) is 1. The van der Waals surface area contributed by atoms with E-state index in [0.717, 1.165) is 43.5 Å². The topological polar surface area (TPSA) is 72.6 Å². The minimum absolute atomic E-state index is 0.305. The van der Waals surface area contributed by atoms with Crippen LogP contribution in [-0.4, -0.2) is 30.2 Å². The summed E-state index contributed by atoms with van der Waals surface area (Å²) in [6.07, 6.45) is 5.43. The van der Waals surface area contributed by atoms with Crippen molar-refractivity contribution in [3.05, 3.63) is 53.0 Å². The molecule has 1 aromatic carbocycles. The zero-order chi connectivity index (χ0) is 20.4. The van der Waals surface area contributed by atoms with Crippen LogP contribution in [0.2, 0.25) is 0 Å². The number of pyridine rings is 1. The van der Waals surface area contributed by atoms with E-state index in [1.54, 1.807) is 12.3 Å². The third kappa shape index (κ3) is 4.15. The average molecular weight is 398 g/mol. The second-order valence-electron chi connectivity index (χ2n) is 7.55. The van der Waals surface area contributed by atoms with Gasteiger partial charge in [-0.1, -0.05) is 0 Å². The number of benzene rings is 1. The minimum atomic E-state index is -0.446. The van der Waals surface area contributed by atoms with Crippen LogP contribution in [-0.2, 0) is 0 Å². The molecule has 4 rings (SSSR count). The summed E-state index contributed by atoms with van der Waals surface area (Å²) in [7, 11) is 2.00. The van der Waals surface area contributed by atoms with E-state index >= 15 is 0 Å². The van der Waals surface area contributed by atoms with Gasteiger partial charge in [-0.3, -0.25) is 0 Å². The van der Waals surface area contributed by atoms with Crippen molar-refractivity contribution in [1.82, 2.24) is 15.4 Å². The number of aromatic nitrogens is 1. The molecular weight excluding hydrogens is 371 g/mol. The Bertz CT molecular complexity index is 931. The van der Waals surface area contributed by atoms with Gasteiger partial charge >= 0.3 is 0 Å². The Hall–Kier alpha value is -2.80. The molecule has 0 aliphatic carbocycles. The Balaban J connectivity index is 1.75. The lowest BCUT2D eigenvalue weighted by atomic mass is 10.0. The molecule has 1 atom stereocenters. The zero-order valence-corrected chi connectivity index (χ0v) is 16.9. The third-order valence-electron chi connectivity index (χ3n) is 5.45. The summed E-state index contributed by atoms with van der Waals surface area (Å²) >= 11 is 0. The van der Waals surface area contributed by atoms with Crippen LogP contribution in [0.25, 0.3) is 5.70 Å². The number of halogens is 1. The van der Waals surface area contributed by atoms with Gasteiger partial charge in [0.1, 0.15) is 17.7 Å². The maximum Gasteiger partial charge on any atom is 0.166 e. The molecular formula is C22H27FN4O2. The van der Waals surface area contributed by atoms with Crippen LogP contribution >= 0.6 is 0 Å². The molecule has 6 nitrogen and oxygen atoms in total. The Morgan fingerprint density at radius 1 is 1.21 bits per heavy atom. The van der Waals surface area contributed by atoms with Crippen molar-refractivity contribution < 1.29 is 13.9 Å². The molecule has 3 heterocycles. The van der Waals surface area contributed by atoms with E-state index in [1.165, 1.54) is 17.7 Å². The number of fused-ring (bicyclic) bond motifs is 4. The molecule has 2 aliphatic rings. The van der Waals surface area contributed by atoms with Crippen molar-refractivity contribution in [2.24, 2.45) is 0 Å². The van der Waals surface area contributed by atoms with Crippen molar-refractivity contribution in [3.8, 4) is 11.5 Å². The van der Waals surface area contributed by atoms with Crippen LogP contribution in [0.3, 0.4) is 0 Å². The summed E-state index contributed by atoms with van der Waals surface area (Å²) in [5.74, 6) is 1.10. The van der Waals surface area contributed by atoms with E-state index in [-0.39, 0.29) is 5.82 Å². The molecule has 2 bridgehead atoms. The van der Waals surface area contributed by atoms with Gasteiger partial charge in [0, 0.05) is 30.9 Å². The highest BCUT2D eigenvalue weighted by atomic mass is 19.1. The standard InChI is InChI=1S/C22H27FN4O2/c1-14-18-11-17(23)7-8-19(18)28-9-5-3-4-6-15-13-26-27(2)21(15)16-10-20(29-14)22(24)25-12-16/h7-8,10-12,14,26H,3-6,9,13H2,1-2H3,(H2,24,25). The van der Waals surface area contributed by atoms with Crippen LogP contribution in [0.5, 0.6) is 11.5 Å². The number of nitrogen functional groups attached to an aromatic ring is 1. The first-order valence-electron chi connectivity index (χ1n) is 10.1. The molecule has 154 valence electrons. The van der Waals surface area contributed by atoms with Gasteiger partial charge in [0.05, 0.1) is 12.3 Å². The van der Waals surface area contributed by atoms with Crippen molar-refractivity contribution in [3.63, 3.8) is 0 Å². The van der Waals surface area contributed by atoms with E-state index in [9.17, 15) is 4.39 Å². The fraction of sp³-hybridized carbons (Fsp3) is 0.409. The molecule has 0 radical (unpaired) electrons. The number of rotatable bonds is 0. The number of hydrogen-bond donors (Lipinski definition) is 2. The van der Waals surface area contributed by atoms with Crippen molar-refractivity contribution >= 4 is 11.5 Å². The number of nitrogens with one attached hydrogen (secondary N) is 1. The van der Waals surface area contributed by atoms with Gasteiger partial charge in [-0.05, 0) is 62.4 Å². The monoisotopic (exact) mass is 398 g/mol. The Morgan fingerprint density at radius 2 is 2.07 bits per heavy atom. The number of ether oxygens (including phenoxy) is 2. The third-order valence-corrected chi connectivity index (χ3v) is 5.45. The van der Waals surface area contributed by atoms with Gasteiger partial charge in [-0.25, -0.2) is 14.8 Å². The predicted octanol–water partition coefficient (Wildman–Crippen LogP) is 4.06. The molecule has 0 amide bonds. The fourth-order valence-electron chi connectivity index (χ4n) is 3.92. The molecule has 0 spiro atoms. The molecule has 0 saturated carbocycles. The van der Waals surface area contributed by atoms with E-state index in [4.69, 9.17) is 15.2 Å². The summed E-state index contributed by atoms with van der Waals surface area (Å²) in [4.78, 5) is 4.35. The number of nitrogens with zero attached hydrogens (tertiary/aromatic N) is 2. The molecule has 1 unspecified atom stereocenters. The fourth-order valence-corrected chi connectivity index (χ4v) is 3.92. The average Bonchev–Trinajstić information content (AvgIpc) is 3.06. The second kappa shape index (κ2) is 8.29. The molecule has 1 aromatic heterocycles. The molecule has 7 heteroatoms. The number of hydrazine groups is 1. The normalized spacial score (nSPS) is 20.1. The minimum Gasteiger partial charge on any atom is -0.493 e. The molecule has 2 aliphatic heterocycles. The molecule has 29 heavy (non-hydrogen) atoms. The van der Waals surface area contributed by atoms with Gasteiger partial charge in [0.15, 0.2) is 11.6 Å². The molecule has 2 aromatic rings. The SMILES string of the molecule is CC1Oc2cc(cnc2N)C2=C(CCCCCOc3ccc(F)cc31)CNN2C. The number of anilines is 1. The molecule has 0 saturated heterocycles. The first kappa shape index (κ1) is 19.5. The van der Waals surface area contributed by atoms with E-state index in [0.29, 0.717) is 29.5 Å². The smallest absolute Gasteiger partial charge is 0.166 e. The first-order chi connectivity index (χ1) is 14.0. The van der Waals surface area contributed by atoms with Gasteiger partial charge < -0.3 is 20.2 Å². The largest absolute Gasteiger partial charge is 0.493 e. The van der Waals surface area contributed by atoms with Gasteiger partial charge in [-0.15, -0.1) is 0 Å². The Kier molecular flexibility index (Phi) is 5.58. The Labute approximate surface area is 170 Å². The zero-order valence-electron chi connectivity index (χ0n) is 16.9. The lowest BCUT2D eigenvalue weighted by Gasteiger charge is -2.21. The van der Waals surface area contributed by atoms with Crippen LogP contribution in [0.4, 0.5) is 10.2 Å². The Morgan fingerprint density at radius 3 is 2.93 bits per heavy atom. The summed E-state index contributed by atoms with van der Waals surface area (Å²) in [5.41, 5.74) is 13.5. The van der Waals surface area contributed by atoms with Crippen LogP contribution < -0.4 is 20.6 Å². The van der Waals surface area contributed by atoms with Crippen molar-refractivity contribution in [2.45, 2.75) is 38.7 Å². The lowest BCUT2D eigenvalue weighted by Crippen LogP contribution is -2.26. The van der Waals surface area contributed by atoms with Crippen molar-refractivity contribution in [2.75, 3.05) is 25.9 Å². The maximum absolute atomic E-state index is 13.9. The molecule has 0 fully saturated rings. The molecule has 3 N–H and O–H groups in total.